The number of hydrogen-bond donors (Lipinski definition) is 0. The highest BCUT2D eigenvalue weighted by atomic mass is 16.6. The molecule has 0 aromatic heterocycles. The van der Waals surface area contributed by atoms with E-state index >= 15 is 0 Å². The van der Waals surface area contributed by atoms with E-state index in [0.29, 0.717) is 5.75 Å². The molecule has 0 aliphatic carbocycles. The van der Waals surface area contributed by atoms with Crippen LogP contribution in [-0.2, 0) is 14.3 Å². The predicted octanol–water partition coefficient (Wildman–Crippen LogP) is 1.80. The first kappa shape index (κ1) is 14.0. The van der Waals surface area contributed by atoms with E-state index in [2.05, 4.69) is 0 Å². The highest BCUT2D eigenvalue weighted by Crippen LogP contribution is 2.18. The van der Waals surface area contributed by atoms with Crippen LogP contribution in [0.3, 0.4) is 0 Å². The Morgan fingerprint density at radius 1 is 1.28 bits per heavy atom. The SMILES string of the molecule is CCOC(=O)C(C)OC(=O)c1ccccc1OC. The van der Waals surface area contributed by atoms with Crippen LogP contribution in [0.5, 0.6) is 5.75 Å². The Balaban J connectivity index is 2.73. The molecule has 0 radical (unpaired) electrons. The van der Waals surface area contributed by atoms with E-state index in [9.17, 15) is 9.59 Å². The average molecular weight is 252 g/mol. The summed E-state index contributed by atoms with van der Waals surface area (Å²) in [6.07, 6.45) is -0.942. The quantitative estimate of drug-likeness (QED) is 0.748. The molecule has 0 N–H and O–H groups in total. The van der Waals surface area contributed by atoms with E-state index in [1.807, 2.05) is 0 Å². The molecule has 0 fully saturated rings. The second-order valence-corrected chi connectivity index (χ2v) is 3.50. The van der Waals surface area contributed by atoms with Crippen molar-refractivity contribution in [2.24, 2.45) is 0 Å². The third-order valence-corrected chi connectivity index (χ3v) is 2.23. The molecule has 1 aromatic carbocycles. The fourth-order valence-electron chi connectivity index (χ4n) is 1.35. The summed E-state index contributed by atoms with van der Waals surface area (Å²) < 4.78 is 14.8. The Bertz CT molecular complexity index is 427. The van der Waals surface area contributed by atoms with Gasteiger partial charge in [-0.05, 0) is 26.0 Å². The third kappa shape index (κ3) is 3.48. The molecule has 0 spiro atoms. The van der Waals surface area contributed by atoms with Crippen molar-refractivity contribution in [3.63, 3.8) is 0 Å². The lowest BCUT2D eigenvalue weighted by Gasteiger charge is -2.13. The summed E-state index contributed by atoms with van der Waals surface area (Å²) in [6.45, 7) is 3.40. The molecular formula is C13H16O5. The molecule has 0 aliphatic rings. The maximum absolute atomic E-state index is 11.8. The molecule has 0 saturated carbocycles. The van der Waals surface area contributed by atoms with Crippen molar-refractivity contribution in [1.29, 1.82) is 0 Å². The number of hydrogen-bond acceptors (Lipinski definition) is 5. The first-order valence-corrected chi connectivity index (χ1v) is 5.60. The lowest BCUT2D eigenvalue weighted by atomic mass is 10.2. The van der Waals surface area contributed by atoms with Gasteiger partial charge < -0.3 is 14.2 Å². The molecule has 0 bridgehead atoms. The lowest BCUT2D eigenvalue weighted by Crippen LogP contribution is -2.26. The van der Waals surface area contributed by atoms with Crippen molar-refractivity contribution in [3.8, 4) is 5.75 Å². The number of benzene rings is 1. The monoisotopic (exact) mass is 252 g/mol. The summed E-state index contributed by atoms with van der Waals surface area (Å²) in [7, 11) is 1.46. The molecule has 0 amide bonds. The second kappa shape index (κ2) is 6.64. The van der Waals surface area contributed by atoms with E-state index in [4.69, 9.17) is 14.2 Å². The van der Waals surface area contributed by atoms with Crippen LogP contribution in [0, 0.1) is 0 Å². The molecule has 1 unspecified atom stereocenters. The van der Waals surface area contributed by atoms with E-state index in [1.54, 1.807) is 31.2 Å². The van der Waals surface area contributed by atoms with Gasteiger partial charge in [0.15, 0.2) is 6.10 Å². The van der Waals surface area contributed by atoms with Gasteiger partial charge in [0.2, 0.25) is 0 Å². The van der Waals surface area contributed by atoms with Crippen LogP contribution in [0.4, 0.5) is 0 Å². The Kier molecular flexibility index (Phi) is 5.17. The van der Waals surface area contributed by atoms with Crippen molar-refractivity contribution in [1.82, 2.24) is 0 Å². The first-order valence-electron chi connectivity index (χ1n) is 5.60. The maximum atomic E-state index is 11.8. The number of methoxy groups -OCH3 is 1. The molecule has 1 rings (SSSR count). The Morgan fingerprint density at radius 2 is 1.94 bits per heavy atom. The van der Waals surface area contributed by atoms with Gasteiger partial charge in [-0.3, -0.25) is 0 Å². The molecule has 18 heavy (non-hydrogen) atoms. The van der Waals surface area contributed by atoms with Crippen molar-refractivity contribution < 1.29 is 23.8 Å². The summed E-state index contributed by atoms with van der Waals surface area (Å²) in [4.78, 5) is 23.2. The molecule has 1 atom stereocenters. The smallest absolute Gasteiger partial charge is 0.347 e. The average Bonchev–Trinajstić information content (AvgIpc) is 2.38. The molecule has 0 aliphatic heterocycles. The second-order valence-electron chi connectivity index (χ2n) is 3.50. The van der Waals surface area contributed by atoms with Crippen LogP contribution in [0.2, 0.25) is 0 Å². The zero-order valence-electron chi connectivity index (χ0n) is 10.6. The standard InChI is InChI=1S/C13H16O5/c1-4-17-12(14)9(2)18-13(15)10-7-5-6-8-11(10)16-3/h5-9H,4H2,1-3H3. The Hall–Kier alpha value is -2.04. The van der Waals surface area contributed by atoms with Crippen LogP contribution in [-0.4, -0.2) is 31.8 Å². The van der Waals surface area contributed by atoms with E-state index in [1.165, 1.54) is 14.0 Å². The maximum Gasteiger partial charge on any atom is 0.347 e. The van der Waals surface area contributed by atoms with E-state index in [-0.39, 0.29) is 12.2 Å². The summed E-state index contributed by atoms with van der Waals surface area (Å²) in [6, 6.07) is 6.64. The van der Waals surface area contributed by atoms with Gasteiger partial charge in [-0.1, -0.05) is 12.1 Å². The van der Waals surface area contributed by atoms with Gasteiger partial charge in [0.1, 0.15) is 11.3 Å². The number of para-hydroxylation sites is 1. The highest BCUT2D eigenvalue weighted by Gasteiger charge is 2.21. The minimum absolute atomic E-state index is 0.245. The van der Waals surface area contributed by atoms with Gasteiger partial charge >= 0.3 is 11.9 Å². The predicted molar refractivity (Wildman–Crippen MR) is 64.5 cm³/mol. The number of esters is 2. The van der Waals surface area contributed by atoms with Crippen LogP contribution in [0.1, 0.15) is 24.2 Å². The molecule has 0 heterocycles. The minimum atomic E-state index is -0.942. The number of rotatable bonds is 5. The van der Waals surface area contributed by atoms with Gasteiger partial charge in [0, 0.05) is 0 Å². The molecule has 98 valence electrons. The lowest BCUT2D eigenvalue weighted by molar-refractivity contribution is -0.152. The van der Waals surface area contributed by atoms with Crippen molar-refractivity contribution in [2.45, 2.75) is 20.0 Å². The Morgan fingerprint density at radius 3 is 2.56 bits per heavy atom. The van der Waals surface area contributed by atoms with E-state index < -0.39 is 18.0 Å². The molecular weight excluding hydrogens is 236 g/mol. The van der Waals surface area contributed by atoms with Crippen molar-refractivity contribution in [2.75, 3.05) is 13.7 Å². The third-order valence-electron chi connectivity index (χ3n) is 2.23. The molecule has 0 saturated heterocycles. The molecule has 5 nitrogen and oxygen atoms in total. The van der Waals surface area contributed by atoms with Crippen LogP contribution in [0.15, 0.2) is 24.3 Å². The summed E-state index contributed by atoms with van der Waals surface area (Å²) in [5.41, 5.74) is 0.274. The van der Waals surface area contributed by atoms with E-state index in [0.717, 1.165) is 0 Å². The van der Waals surface area contributed by atoms with Gasteiger partial charge in [0.25, 0.3) is 0 Å². The zero-order valence-corrected chi connectivity index (χ0v) is 10.6. The van der Waals surface area contributed by atoms with Gasteiger partial charge in [-0.2, -0.15) is 0 Å². The van der Waals surface area contributed by atoms with Gasteiger partial charge in [-0.15, -0.1) is 0 Å². The summed E-state index contributed by atoms with van der Waals surface area (Å²) >= 11 is 0. The fourth-order valence-corrected chi connectivity index (χ4v) is 1.35. The van der Waals surface area contributed by atoms with Crippen LogP contribution < -0.4 is 4.74 Å². The topological polar surface area (TPSA) is 61.8 Å². The van der Waals surface area contributed by atoms with Gasteiger partial charge in [-0.25, -0.2) is 9.59 Å². The van der Waals surface area contributed by atoms with Crippen LogP contribution in [0.25, 0.3) is 0 Å². The normalized spacial score (nSPS) is 11.5. The summed E-state index contributed by atoms with van der Waals surface area (Å²) in [5.74, 6) is -0.785. The van der Waals surface area contributed by atoms with Crippen molar-refractivity contribution in [3.05, 3.63) is 29.8 Å². The minimum Gasteiger partial charge on any atom is -0.496 e. The number of carbonyl (C=O) groups excluding carboxylic acids is 2. The zero-order chi connectivity index (χ0) is 13.5. The molecule has 1 aromatic rings. The van der Waals surface area contributed by atoms with Gasteiger partial charge in [0.05, 0.1) is 13.7 Å². The van der Waals surface area contributed by atoms with Crippen molar-refractivity contribution >= 4 is 11.9 Å². The number of carbonyl (C=O) groups is 2. The number of ether oxygens (including phenoxy) is 3. The largest absolute Gasteiger partial charge is 0.496 e. The molecule has 5 heteroatoms. The first-order chi connectivity index (χ1) is 8.60. The highest BCUT2D eigenvalue weighted by molar-refractivity contribution is 5.94. The fraction of sp³-hybridized carbons (Fsp3) is 0.385. The Labute approximate surface area is 106 Å². The summed E-state index contributed by atoms with van der Waals surface area (Å²) in [5, 5.41) is 0. The van der Waals surface area contributed by atoms with Crippen LogP contribution >= 0.6 is 0 Å².